The van der Waals surface area contributed by atoms with E-state index in [1.807, 2.05) is 6.07 Å². The third-order valence-corrected chi connectivity index (χ3v) is 1.74. The fraction of sp³-hybridized carbons (Fsp3) is 0.273. The van der Waals surface area contributed by atoms with Crippen LogP contribution in [-0.4, -0.2) is 19.5 Å². The summed E-state index contributed by atoms with van der Waals surface area (Å²) in [7, 11) is 1.52. The molecule has 0 unspecified atom stereocenters. The van der Waals surface area contributed by atoms with E-state index in [4.69, 9.17) is 14.7 Å². The molecule has 0 aliphatic carbocycles. The highest BCUT2D eigenvalue weighted by Gasteiger charge is 2.05. The van der Waals surface area contributed by atoms with Crippen molar-refractivity contribution in [2.75, 3.05) is 13.7 Å². The molecule has 0 heterocycles. The Morgan fingerprint density at radius 2 is 2.27 bits per heavy atom. The van der Waals surface area contributed by atoms with Gasteiger partial charge in [0.25, 0.3) is 0 Å². The van der Waals surface area contributed by atoms with E-state index in [-0.39, 0.29) is 12.4 Å². The van der Waals surface area contributed by atoms with E-state index in [9.17, 15) is 4.79 Å². The lowest BCUT2D eigenvalue weighted by Crippen LogP contribution is -2.07. The Labute approximate surface area is 88.0 Å². The number of rotatable bonds is 4. The second-order valence-corrected chi connectivity index (χ2v) is 2.96. The van der Waals surface area contributed by atoms with E-state index in [0.717, 1.165) is 0 Å². The molecule has 0 bridgehead atoms. The number of nitrogens with zero attached hydrogens (tertiary/aromatic N) is 1. The van der Waals surface area contributed by atoms with Gasteiger partial charge in [-0.15, -0.1) is 0 Å². The van der Waals surface area contributed by atoms with Gasteiger partial charge in [0.2, 0.25) is 0 Å². The Morgan fingerprint density at radius 3 is 2.80 bits per heavy atom. The smallest absolute Gasteiger partial charge is 0.167 e. The van der Waals surface area contributed by atoms with Crippen LogP contribution in [0.4, 0.5) is 0 Å². The molecule has 4 nitrogen and oxygen atoms in total. The van der Waals surface area contributed by atoms with Crippen molar-refractivity contribution in [3.8, 4) is 17.6 Å². The molecule has 78 valence electrons. The van der Waals surface area contributed by atoms with E-state index < -0.39 is 0 Å². The number of hydrogen-bond donors (Lipinski definition) is 0. The summed E-state index contributed by atoms with van der Waals surface area (Å²) in [5, 5.41) is 8.83. The number of ether oxygens (including phenoxy) is 2. The van der Waals surface area contributed by atoms with Gasteiger partial charge < -0.3 is 9.47 Å². The van der Waals surface area contributed by atoms with Crippen molar-refractivity contribution in [3.63, 3.8) is 0 Å². The summed E-state index contributed by atoms with van der Waals surface area (Å²) < 4.78 is 10.1. The van der Waals surface area contributed by atoms with Crippen LogP contribution in [0.15, 0.2) is 18.2 Å². The molecule has 1 rings (SSSR count). The Kier molecular flexibility index (Phi) is 3.69. The first-order chi connectivity index (χ1) is 7.17. The Hall–Kier alpha value is -2.02. The Bertz CT molecular complexity index is 407. The maximum atomic E-state index is 10.7. The standard InChI is InChI=1S/C11H11NO3/c1-8(13)7-15-11-4-3-10(14-2)5-9(11)6-12/h3-5H,7H2,1-2H3. The molecule has 0 saturated carbocycles. The third-order valence-electron chi connectivity index (χ3n) is 1.74. The van der Waals surface area contributed by atoms with Crippen molar-refractivity contribution in [2.45, 2.75) is 6.92 Å². The zero-order valence-corrected chi connectivity index (χ0v) is 8.61. The maximum absolute atomic E-state index is 10.7. The van der Waals surface area contributed by atoms with Gasteiger partial charge in [0.1, 0.15) is 24.2 Å². The summed E-state index contributed by atoms with van der Waals surface area (Å²) in [6.45, 7) is 1.40. The van der Waals surface area contributed by atoms with Crippen molar-refractivity contribution in [2.24, 2.45) is 0 Å². The molecule has 1 aromatic carbocycles. The highest BCUT2D eigenvalue weighted by Crippen LogP contribution is 2.23. The highest BCUT2D eigenvalue weighted by atomic mass is 16.5. The summed E-state index contributed by atoms with van der Waals surface area (Å²) in [5.41, 5.74) is 0.357. The van der Waals surface area contributed by atoms with Crippen molar-refractivity contribution in [3.05, 3.63) is 23.8 Å². The summed E-state index contributed by atoms with van der Waals surface area (Å²) >= 11 is 0. The largest absolute Gasteiger partial charge is 0.497 e. The van der Waals surface area contributed by atoms with Gasteiger partial charge >= 0.3 is 0 Å². The van der Waals surface area contributed by atoms with Gasteiger partial charge in [-0.05, 0) is 19.1 Å². The Balaban J connectivity index is 2.89. The van der Waals surface area contributed by atoms with Gasteiger partial charge in [-0.3, -0.25) is 4.79 Å². The summed E-state index contributed by atoms with van der Waals surface area (Å²) in [6, 6.07) is 6.83. The SMILES string of the molecule is COc1ccc(OCC(C)=O)c(C#N)c1. The maximum Gasteiger partial charge on any atom is 0.167 e. The molecular formula is C11H11NO3. The molecule has 0 spiro atoms. The molecule has 4 heteroatoms. The van der Waals surface area contributed by atoms with Crippen molar-refractivity contribution < 1.29 is 14.3 Å². The van der Waals surface area contributed by atoms with Gasteiger partial charge in [0, 0.05) is 6.07 Å². The van der Waals surface area contributed by atoms with Crippen molar-refractivity contribution in [1.29, 1.82) is 5.26 Å². The number of Topliss-reactive ketones (excluding diaryl/α,β-unsaturated/α-hetero) is 1. The average molecular weight is 205 g/mol. The fourth-order valence-corrected chi connectivity index (χ4v) is 1.03. The monoisotopic (exact) mass is 205 g/mol. The van der Waals surface area contributed by atoms with Gasteiger partial charge in [-0.25, -0.2) is 0 Å². The Morgan fingerprint density at radius 1 is 1.53 bits per heavy atom. The van der Waals surface area contributed by atoms with Gasteiger partial charge in [0.05, 0.1) is 12.7 Å². The number of ketones is 1. The van der Waals surface area contributed by atoms with Crippen LogP contribution in [0.25, 0.3) is 0 Å². The molecule has 15 heavy (non-hydrogen) atoms. The molecule has 0 saturated heterocycles. The van der Waals surface area contributed by atoms with Crippen LogP contribution in [0.1, 0.15) is 12.5 Å². The lowest BCUT2D eigenvalue weighted by Gasteiger charge is -2.07. The second-order valence-electron chi connectivity index (χ2n) is 2.96. The van der Waals surface area contributed by atoms with E-state index in [1.54, 1.807) is 18.2 Å². The van der Waals surface area contributed by atoms with Crippen LogP contribution in [0.3, 0.4) is 0 Å². The van der Waals surface area contributed by atoms with Crippen LogP contribution >= 0.6 is 0 Å². The molecule has 0 radical (unpaired) electrons. The van der Waals surface area contributed by atoms with Gasteiger partial charge in [-0.1, -0.05) is 0 Å². The topological polar surface area (TPSA) is 59.3 Å². The first kappa shape index (κ1) is 11.1. The van der Waals surface area contributed by atoms with E-state index >= 15 is 0 Å². The van der Waals surface area contributed by atoms with Crippen LogP contribution in [0.5, 0.6) is 11.5 Å². The number of hydrogen-bond acceptors (Lipinski definition) is 4. The predicted octanol–water partition coefficient (Wildman–Crippen LogP) is 1.53. The van der Waals surface area contributed by atoms with Crippen LogP contribution in [0, 0.1) is 11.3 Å². The molecule has 0 aliphatic heterocycles. The number of methoxy groups -OCH3 is 1. The zero-order valence-electron chi connectivity index (χ0n) is 8.61. The van der Waals surface area contributed by atoms with Crippen LogP contribution in [0.2, 0.25) is 0 Å². The minimum absolute atomic E-state index is 0.0268. The molecule has 0 aromatic heterocycles. The van der Waals surface area contributed by atoms with Crippen LogP contribution < -0.4 is 9.47 Å². The van der Waals surface area contributed by atoms with Crippen molar-refractivity contribution in [1.82, 2.24) is 0 Å². The molecule has 0 fully saturated rings. The zero-order chi connectivity index (χ0) is 11.3. The van der Waals surface area contributed by atoms with Gasteiger partial charge in [0.15, 0.2) is 5.78 Å². The first-order valence-electron chi connectivity index (χ1n) is 4.37. The average Bonchev–Trinajstić information content (AvgIpc) is 2.25. The summed E-state index contributed by atoms with van der Waals surface area (Å²) in [5.74, 6) is 0.893. The number of carbonyl (C=O) groups excluding carboxylic acids is 1. The molecule has 0 aliphatic rings. The second kappa shape index (κ2) is 5.01. The molecular weight excluding hydrogens is 194 g/mol. The minimum Gasteiger partial charge on any atom is -0.497 e. The molecule has 0 N–H and O–H groups in total. The van der Waals surface area contributed by atoms with Crippen LogP contribution in [-0.2, 0) is 4.79 Å². The molecule has 1 aromatic rings. The van der Waals surface area contributed by atoms with E-state index in [1.165, 1.54) is 14.0 Å². The molecule has 0 amide bonds. The summed E-state index contributed by atoms with van der Waals surface area (Å²) in [4.78, 5) is 10.7. The number of benzene rings is 1. The molecule has 0 atom stereocenters. The quantitative estimate of drug-likeness (QED) is 0.748. The van der Waals surface area contributed by atoms with E-state index in [0.29, 0.717) is 17.1 Å². The first-order valence-corrected chi connectivity index (χ1v) is 4.37. The van der Waals surface area contributed by atoms with Crippen molar-refractivity contribution >= 4 is 5.78 Å². The third kappa shape index (κ3) is 2.99. The minimum atomic E-state index is -0.0882. The number of nitriles is 1. The highest BCUT2D eigenvalue weighted by molar-refractivity contribution is 5.77. The normalized spacial score (nSPS) is 9.13. The lowest BCUT2D eigenvalue weighted by atomic mass is 10.2. The lowest BCUT2D eigenvalue weighted by molar-refractivity contribution is -0.118. The summed E-state index contributed by atoms with van der Waals surface area (Å²) in [6.07, 6.45) is 0. The number of carbonyl (C=O) groups is 1. The fourth-order valence-electron chi connectivity index (χ4n) is 1.03. The van der Waals surface area contributed by atoms with E-state index in [2.05, 4.69) is 0 Å². The predicted molar refractivity (Wildman–Crippen MR) is 53.9 cm³/mol. The van der Waals surface area contributed by atoms with Gasteiger partial charge in [-0.2, -0.15) is 5.26 Å².